The van der Waals surface area contributed by atoms with E-state index in [1.165, 1.54) is 18.0 Å². The number of hydrazone groups is 1. The van der Waals surface area contributed by atoms with Gasteiger partial charge in [-0.2, -0.15) is 5.10 Å². The van der Waals surface area contributed by atoms with Gasteiger partial charge >= 0.3 is 0 Å². The third-order valence-corrected chi connectivity index (χ3v) is 3.70. The molecule has 1 aromatic heterocycles. The summed E-state index contributed by atoms with van der Waals surface area (Å²) >= 11 is 1.20. The highest BCUT2D eigenvalue weighted by molar-refractivity contribution is 7.99. The molecule has 2 aromatic carbocycles. The second-order valence-electron chi connectivity index (χ2n) is 4.62. The first-order chi connectivity index (χ1) is 11.2. The summed E-state index contributed by atoms with van der Waals surface area (Å²) < 4.78 is 5.51. The van der Waals surface area contributed by atoms with E-state index in [-0.39, 0.29) is 17.4 Å². The normalized spacial score (nSPS) is 11.1. The molecule has 3 rings (SSSR count). The second-order valence-corrected chi connectivity index (χ2v) is 5.55. The monoisotopic (exact) mass is 327 g/mol. The molecule has 0 aliphatic carbocycles. The number of rotatable bonds is 5. The van der Waals surface area contributed by atoms with Gasteiger partial charge in [-0.3, -0.25) is 4.79 Å². The summed E-state index contributed by atoms with van der Waals surface area (Å²) in [6.07, 6.45) is 1.46. The Morgan fingerprint density at radius 2 is 2.17 bits per heavy atom. The van der Waals surface area contributed by atoms with Crippen molar-refractivity contribution in [3.05, 3.63) is 54.1 Å². The second kappa shape index (κ2) is 6.97. The van der Waals surface area contributed by atoms with E-state index in [9.17, 15) is 9.90 Å². The standard InChI is InChI=1S/C16H13N3O3S/c20-12-5-3-4-11(8-12)9-17-19-15(21)10-23-16-18-13-6-1-2-7-14(13)22-16/h1-9,20H,10H2,(H,19,21). The molecule has 1 heterocycles. The summed E-state index contributed by atoms with van der Waals surface area (Å²) in [4.78, 5) is 16.0. The van der Waals surface area contributed by atoms with Gasteiger partial charge in [0.1, 0.15) is 11.3 Å². The Morgan fingerprint density at radius 1 is 1.30 bits per heavy atom. The van der Waals surface area contributed by atoms with Crippen molar-refractivity contribution in [3.8, 4) is 5.75 Å². The van der Waals surface area contributed by atoms with Crippen molar-refractivity contribution < 1.29 is 14.3 Å². The largest absolute Gasteiger partial charge is 0.508 e. The number of phenolic OH excluding ortho intramolecular Hbond substituents is 1. The summed E-state index contributed by atoms with van der Waals surface area (Å²) in [5.41, 5.74) is 4.56. The first kappa shape index (κ1) is 15.1. The van der Waals surface area contributed by atoms with Gasteiger partial charge in [0.25, 0.3) is 11.1 Å². The van der Waals surface area contributed by atoms with Crippen LogP contribution < -0.4 is 5.43 Å². The molecule has 0 atom stereocenters. The van der Waals surface area contributed by atoms with E-state index < -0.39 is 0 Å². The first-order valence-electron chi connectivity index (χ1n) is 6.80. The number of carbonyl (C=O) groups excluding carboxylic acids is 1. The SMILES string of the molecule is O=C(CSc1nc2ccccc2o1)NN=Cc1cccc(O)c1. The lowest BCUT2D eigenvalue weighted by Gasteiger charge is -1.97. The Morgan fingerprint density at radius 3 is 3.00 bits per heavy atom. The maximum atomic E-state index is 11.7. The molecule has 0 fully saturated rings. The van der Waals surface area contributed by atoms with Crippen LogP contribution in [0.25, 0.3) is 11.1 Å². The Hall–Kier alpha value is -2.80. The van der Waals surface area contributed by atoms with Crippen LogP contribution in [-0.4, -0.2) is 28.0 Å². The van der Waals surface area contributed by atoms with Gasteiger partial charge in [0, 0.05) is 0 Å². The van der Waals surface area contributed by atoms with Crippen molar-refractivity contribution in [2.75, 3.05) is 5.75 Å². The molecular weight excluding hydrogens is 314 g/mol. The van der Waals surface area contributed by atoms with Crippen molar-refractivity contribution >= 4 is 35.0 Å². The highest BCUT2D eigenvalue weighted by atomic mass is 32.2. The van der Waals surface area contributed by atoms with Crippen LogP contribution >= 0.6 is 11.8 Å². The third-order valence-electron chi connectivity index (χ3n) is 2.87. The van der Waals surface area contributed by atoms with Gasteiger partial charge in [0.15, 0.2) is 5.58 Å². The molecule has 6 nitrogen and oxygen atoms in total. The van der Waals surface area contributed by atoms with E-state index in [0.717, 1.165) is 5.52 Å². The van der Waals surface area contributed by atoms with E-state index in [1.807, 2.05) is 24.3 Å². The van der Waals surface area contributed by atoms with Crippen LogP contribution in [0.5, 0.6) is 5.75 Å². The Balaban J connectivity index is 1.51. The lowest BCUT2D eigenvalue weighted by molar-refractivity contribution is -0.118. The number of thioether (sulfide) groups is 1. The number of hydrogen-bond acceptors (Lipinski definition) is 6. The van der Waals surface area contributed by atoms with Crippen LogP contribution in [0.3, 0.4) is 0 Å². The number of hydrogen-bond donors (Lipinski definition) is 2. The van der Waals surface area contributed by atoms with Gasteiger partial charge in [-0.1, -0.05) is 36.0 Å². The van der Waals surface area contributed by atoms with E-state index >= 15 is 0 Å². The average molecular weight is 327 g/mol. The number of phenols is 1. The van der Waals surface area contributed by atoms with Crippen LogP contribution in [0.15, 0.2) is 63.3 Å². The summed E-state index contributed by atoms with van der Waals surface area (Å²) in [7, 11) is 0. The molecular formula is C16H13N3O3S. The molecule has 23 heavy (non-hydrogen) atoms. The van der Waals surface area contributed by atoms with E-state index in [4.69, 9.17) is 4.42 Å². The number of aromatic nitrogens is 1. The number of aromatic hydroxyl groups is 1. The number of nitrogens with one attached hydrogen (secondary N) is 1. The van der Waals surface area contributed by atoms with Crippen molar-refractivity contribution in [3.63, 3.8) is 0 Å². The summed E-state index contributed by atoms with van der Waals surface area (Å²) in [6.45, 7) is 0. The molecule has 2 N–H and O–H groups in total. The predicted octanol–water partition coefficient (Wildman–Crippen LogP) is 2.78. The Kier molecular flexibility index (Phi) is 4.58. The molecule has 0 saturated carbocycles. The Labute approximate surface area is 136 Å². The minimum Gasteiger partial charge on any atom is -0.508 e. The van der Waals surface area contributed by atoms with E-state index in [1.54, 1.807) is 24.3 Å². The van der Waals surface area contributed by atoms with E-state index in [2.05, 4.69) is 15.5 Å². The minimum atomic E-state index is -0.270. The molecule has 0 bridgehead atoms. The number of fused-ring (bicyclic) bond motifs is 1. The Bertz CT molecular complexity index is 827. The quantitative estimate of drug-likeness (QED) is 0.427. The number of benzene rings is 2. The molecule has 0 saturated heterocycles. The van der Waals surface area contributed by atoms with Crippen molar-refractivity contribution in [1.29, 1.82) is 0 Å². The van der Waals surface area contributed by atoms with Crippen LogP contribution in [0.2, 0.25) is 0 Å². The summed E-state index contributed by atoms with van der Waals surface area (Å²) in [5.74, 6) is 0.0185. The number of para-hydroxylation sites is 2. The molecule has 0 aliphatic heterocycles. The summed E-state index contributed by atoms with van der Waals surface area (Å²) in [5, 5.41) is 13.6. The van der Waals surface area contributed by atoms with Gasteiger partial charge in [-0.05, 0) is 29.8 Å². The smallest absolute Gasteiger partial charge is 0.257 e. The fourth-order valence-corrected chi connectivity index (χ4v) is 2.49. The zero-order chi connectivity index (χ0) is 16.1. The fraction of sp³-hybridized carbons (Fsp3) is 0.0625. The van der Waals surface area contributed by atoms with Gasteiger partial charge in [-0.15, -0.1) is 0 Å². The van der Waals surface area contributed by atoms with Crippen LogP contribution in [-0.2, 0) is 4.79 Å². The van der Waals surface area contributed by atoms with Crippen molar-refractivity contribution in [1.82, 2.24) is 10.4 Å². The zero-order valence-electron chi connectivity index (χ0n) is 12.0. The van der Waals surface area contributed by atoms with E-state index in [0.29, 0.717) is 16.4 Å². The average Bonchev–Trinajstić information content (AvgIpc) is 2.96. The molecule has 0 unspecified atom stereocenters. The van der Waals surface area contributed by atoms with Gasteiger partial charge in [-0.25, -0.2) is 10.4 Å². The highest BCUT2D eigenvalue weighted by Crippen LogP contribution is 2.22. The van der Waals surface area contributed by atoms with Crippen LogP contribution in [0.1, 0.15) is 5.56 Å². The number of carbonyl (C=O) groups is 1. The minimum absolute atomic E-state index is 0.143. The molecule has 0 radical (unpaired) electrons. The van der Waals surface area contributed by atoms with Gasteiger partial charge < -0.3 is 9.52 Å². The lowest BCUT2D eigenvalue weighted by atomic mass is 10.2. The predicted molar refractivity (Wildman–Crippen MR) is 88.6 cm³/mol. The molecule has 3 aromatic rings. The highest BCUT2D eigenvalue weighted by Gasteiger charge is 2.08. The molecule has 7 heteroatoms. The zero-order valence-corrected chi connectivity index (χ0v) is 12.8. The van der Waals surface area contributed by atoms with Crippen molar-refractivity contribution in [2.45, 2.75) is 5.22 Å². The van der Waals surface area contributed by atoms with Crippen LogP contribution in [0, 0.1) is 0 Å². The van der Waals surface area contributed by atoms with Gasteiger partial charge in [0.05, 0.1) is 12.0 Å². The topological polar surface area (TPSA) is 87.7 Å². The molecule has 1 amide bonds. The number of nitrogens with zero attached hydrogens (tertiary/aromatic N) is 2. The maximum Gasteiger partial charge on any atom is 0.257 e. The van der Waals surface area contributed by atoms with Gasteiger partial charge in [0.2, 0.25) is 0 Å². The third kappa shape index (κ3) is 4.10. The number of oxazole rings is 1. The molecule has 116 valence electrons. The molecule has 0 spiro atoms. The van der Waals surface area contributed by atoms with Crippen molar-refractivity contribution in [2.24, 2.45) is 5.10 Å². The maximum absolute atomic E-state index is 11.7. The summed E-state index contributed by atoms with van der Waals surface area (Å²) in [6, 6.07) is 14.0. The van der Waals surface area contributed by atoms with Crippen LogP contribution in [0.4, 0.5) is 0 Å². The fourth-order valence-electron chi connectivity index (χ4n) is 1.86. The first-order valence-corrected chi connectivity index (χ1v) is 7.78. The lowest BCUT2D eigenvalue weighted by Crippen LogP contribution is -2.19. The molecule has 0 aliphatic rings. The number of amides is 1.